The maximum Gasteiger partial charge on any atom is 0.257 e. The van der Waals surface area contributed by atoms with Crippen LogP contribution in [0.15, 0.2) is 73.2 Å². The molecule has 0 bridgehead atoms. The standard InChI is InChI=1S/C26H26N6O2/c1-4-17-13-18(6-8-22(17)26(33)31-25(27)10-11-28-2)23-14-21(9-12-29-23)34-20-7-5-19-16-30-32(3)24(19)15-20/h5-16,28H,4H2,1-3H3,(H2,27,31,33)/b11-10-. The van der Waals surface area contributed by atoms with E-state index in [1.807, 2.05) is 67.3 Å². The second-order valence-corrected chi connectivity index (χ2v) is 7.68. The van der Waals surface area contributed by atoms with Crippen LogP contribution in [0, 0.1) is 5.41 Å². The molecule has 34 heavy (non-hydrogen) atoms. The van der Waals surface area contributed by atoms with Gasteiger partial charge in [0.25, 0.3) is 5.91 Å². The minimum atomic E-state index is -0.315. The fourth-order valence-corrected chi connectivity index (χ4v) is 3.62. The monoisotopic (exact) mass is 454 g/mol. The Bertz CT molecular complexity index is 1390. The molecule has 8 nitrogen and oxygen atoms in total. The van der Waals surface area contributed by atoms with Gasteiger partial charge in [-0.25, -0.2) is 0 Å². The molecule has 0 aliphatic carbocycles. The van der Waals surface area contributed by atoms with E-state index in [2.05, 4.69) is 20.7 Å². The first-order valence-electron chi connectivity index (χ1n) is 10.9. The maximum atomic E-state index is 12.7. The average molecular weight is 455 g/mol. The highest BCUT2D eigenvalue weighted by molar-refractivity contribution is 6.09. The van der Waals surface area contributed by atoms with Gasteiger partial charge in [-0.1, -0.05) is 13.0 Å². The number of carbonyl (C=O) groups excluding carboxylic acids is 1. The molecule has 4 rings (SSSR count). The summed E-state index contributed by atoms with van der Waals surface area (Å²) in [6, 6.07) is 15.1. The molecule has 0 atom stereocenters. The third kappa shape index (κ3) is 4.96. The van der Waals surface area contributed by atoms with Gasteiger partial charge < -0.3 is 15.4 Å². The second kappa shape index (κ2) is 9.99. The number of hydrogen-bond acceptors (Lipinski definition) is 6. The summed E-state index contributed by atoms with van der Waals surface area (Å²) in [5.74, 6) is 1.08. The normalized spacial score (nSPS) is 11.0. The number of pyridine rings is 1. The lowest BCUT2D eigenvalue weighted by atomic mass is 9.99. The van der Waals surface area contributed by atoms with Crippen molar-refractivity contribution in [3.05, 3.63) is 84.3 Å². The molecule has 1 amide bonds. The summed E-state index contributed by atoms with van der Waals surface area (Å²) in [6.07, 6.45) is 7.26. The lowest BCUT2D eigenvalue weighted by Gasteiger charge is -2.12. The lowest BCUT2D eigenvalue weighted by Crippen LogP contribution is -2.29. The summed E-state index contributed by atoms with van der Waals surface area (Å²) in [5, 5.41) is 18.6. The van der Waals surface area contributed by atoms with E-state index in [9.17, 15) is 4.79 Å². The quantitative estimate of drug-likeness (QED) is 0.283. The molecular weight excluding hydrogens is 428 g/mol. The molecule has 172 valence electrons. The van der Waals surface area contributed by atoms with Crippen LogP contribution in [-0.4, -0.2) is 33.6 Å². The zero-order chi connectivity index (χ0) is 24.1. The van der Waals surface area contributed by atoms with Crippen molar-refractivity contribution in [2.75, 3.05) is 7.05 Å². The van der Waals surface area contributed by atoms with Crippen molar-refractivity contribution in [3.8, 4) is 22.8 Å². The number of nitrogens with one attached hydrogen (secondary N) is 3. The zero-order valence-electron chi connectivity index (χ0n) is 19.3. The third-order valence-corrected chi connectivity index (χ3v) is 5.38. The van der Waals surface area contributed by atoms with Gasteiger partial charge >= 0.3 is 0 Å². The summed E-state index contributed by atoms with van der Waals surface area (Å²) < 4.78 is 7.90. The molecule has 4 aromatic rings. The van der Waals surface area contributed by atoms with Gasteiger partial charge in [-0.15, -0.1) is 0 Å². The summed E-state index contributed by atoms with van der Waals surface area (Å²) in [7, 11) is 3.63. The Labute approximate surface area is 197 Å². The van der Waals surface area contributed by atoms with E-state index < -0.39 is 0 Å². The molecular formula is C26H26N6O2. The number of nitrogens with zero attached hydrogens (tertiary/aromatic N) is 3. The predicted molar refractivity (Wildman–Crippen MR) is 133 cm³/mol. The summed E-state index contributed by atoms with van der Waals surface area (Å²) in [6.45, 7) is 1.99. The highest BCUT2D eigenvalue weighted by atomic mass is 16.5. The van der Waals surface area contributed by atoms with E-state index in [-0.39, 0.29) is 11.7 Å². The Hall–Kier alpha value is -4.46. The van der Waals surface area contributed by atoms with Crippen LogP contribution in [0.25, 0.3) is 22.2 Å². The van der Waals surface area contributed by atoms with Crippen molar-refractivity contribution in [1.82, 2.24) is 25.4 Å². The number of aromatic nitrogens is 3. The zero-order valence-corrected chi connectivity index (χ0v) is 19.3. The largest absolute Gasteiger partial charge is 0.457 e. The van der Waals surface area contributed by atoms with E-state index in [1.54, 1.807) is 25.5 Å². The van der Waals surface area contributed by atoms with E-state index in [4.69, 9.17) is 10.1 Å². The van der Waals surface area contributed by atoms with Gasteiger partial charge in [-0.05, 0) is 54.6 Å². The predicted octanol–water partition coefficient (Wildman–Crippen LogP) is 4.43. The Morgan fingerprint density at radius 3 is 2.76 bits per heavy atom. The number of hydrogen-bond donors (Lipinski definition) is 3. The minimum absolute atomic E-state index is 0.0151. The lowest BCUT2D eigenvalue weighted by molar-refractivity contribution is 0.0976. The molecule has 2 aromatic heterocycles. The van der Waals surface area contributed by atoms with Gasteiger partial charge in [0.2, 0.25) is 0 Å². The van der Waals surface area contributed by atoms with Gasteiger partial charge in [0.15, 0.2) is 0 Å². The number of aryl methyl sites for hydroxylation is 2. The van der Waals surface area contributed by atoms with Crippen LogP contribution in [-0.2, 0) is 13.5 Å². The molecule has 0 saturated heterocycles. The number of fused-ring (bicyclic) bond motifs is 1. The first-order chi connectivity index (χ1) is 16.5. The molecule has 2 aromatic carbocycles. The van der Waals surface area contributed by atoms with E-state index in [1.165, 1.54) is 6.08 Å². The van der Waals surface area contributed by atoms with Crippen molar-refractivity contribution in [1.29, 1.82) is 5.41 Å². The highest BCUT2D eigenvalue weighted by Crippen LogP contribution is 2.29. The topological polar surface area (TPSA) is 105 Å². The molecule has 8 heteroatoms. The molecule has 0 aliphatic heterocycles. The molecule has 0 unspecified atom stereocenters. The van der Waals surface area contributed by atoms with Crippen molar-refractivity contribution >= 4 is 22.6 Å². The van der Waals surface area contributed by atoms with Gasteiger partial charge in [-0.3, -0.25) is 19.9 Å². The molecule has 0 aliphatic rings. The van der Waals surface area contributed by atoms with Crippen LogP contribution in [0.5, 0.6) is 11.5 Å². The van der Waals surface area contributed by atoms with Gasteiger partial charge in [-0.2, -0.15) is 5.10 Å². The molecule has 2 heterocycles. The summed E-state index contributed by atoms with van der Waals surface area (Å²) in [4.78, 5) is 17.1. The van der Waals surface area contributed by atoms with E-state index in [0.717, 1.165) is 27.7 Å². The fraction of sp³-hybridized carbons (Fsp3) is 0.154. The SMILES string of the molecule is CCc1cc(-c2cc(Oc3ccc4cnn(C)c4c3)ccn2)ccc1C(=O)NC(=N)/C=C\NC. The number of amides is 1. The second-order valence-electron chi connectivity index (χ2n) is 7.68. The first-order valence-corrected chi connectivity index (χ1v) is 10.9. The third-order valence-electron chi connectivity index (χ3n) is 5.38. The highest BCUT2D eigenvalue weighted by Gasteiger charge is 2.13. The molecule has 3 N–H and O–H groups in total. The summed E-state index contributed by atoms with van der Waals surface area (Å²) in [5.41, 5.74) is 4.01. The number of amidine groups is 1. The van der Waals surface area contributed by atoms with Crippen molar-refractivity contribution in [2.45, 2.75) is 13.3 Å². The van der Waals surface area contributed by atoms with Crippen molar-refractivity contribution in [3.63, 3.8) is 0 Å². The average Bonchev–Trinajstić information content (AvgIpc) is 3.22. The van der Waals surface area contributed by atoms with Crippen LogP contribution in [0.2, 0.25) is 0 Å². The summed E-state index contributed by atoms with van der Waals surface area (Å²) >= 11 is 0. The van der Waals surface area contributed by atoms with Gasteiger partial charge in [0, 0.05) is 48.9 Å². The number of ether oxygens (including phenoxy) is 1. The van der Waals surface area contributed by atoms with Crippen LogP contribution in [0.4, 0.5) is 0 Å². The van der Waals surface area contributed by atoms with Gasteiger partial charge in [0.05, 0.1) is 17.4 Å². The molecule has 0 radical (unpaired) electrons. The van der Waals surface area contributed by atoms with Crippen LogP contribution in [0.3, 0.4) is 0 Å². The number of carbonyl (C=O) groups is 1. The van der Waals surface area contributed by atoms with E-state index in [0.29, 0.717) is 23.5 Å². The van der Waals surface area contributed by atoms with Gasteiger partial charge in [0.1, 0.15) is 17.3 Å². The number of benzene rings is 2. The van der Waals surface area contributed by atoms with Crippen LogP contribution < -0.4 is 15.4 Å². The Morgan fingerprint density at radius 1 is 1.15 bits per heavy atom. The van der Waals surface area contributed by atoms with Crippen LogP contribution in [0.1, 0.15) is 22.8 Å². The Balaban J connectivity index is 1.56. The van der Waals surface area contributed by atoms with Crippen molar-refractivity contribution in [2.24, 2.45) is 7.05 Å². The molecule has 0 spiro atoms. The first kappa shape index (κ1) is 22.7. The number of rotatable bonds is 7. The van der Waals surface area contributed by atoms with Crippen molar-refractivity contribution < 1.29 is 9.53 Å². The Morgan fingerprint density at radius 2 is 1.97 bits per heavy atom. The Kier molecular flexibility index (Phi) is 6.68. The smallest absolute Gasteiger partial charge is 0.257 e. The van der Waals surface area contributed by atoms with E-state index >= 15 is 0 Å². The van der Waals surface area contributed by atoms with Crippen LogP contribution >= 0.6 is 0 Å². The molecule has 0 fully saturated rings. The fourth-order valence-electron chi connectivity index (χ4n) is 3.62. The molecule has 0 saturated carbocycles. The minimum Gasteiger partial charge on any atom is -0.457 e. The maximum absolute atomic E-state index is 12.7.